The lowest BCUT2D eigenvalue weighted by Gasteiger charge is -2.24. The van der Waals surface area contributed by atoms with Gasteiger partial charge < -0.3 is 9.84 Å². The van der Waals surface area contributed by atoms with Crippen LogP contribution in [0, 0.1) is 5.82 Å². The van der Waals surface area contributed by atoms with Crippen molar-refractivity contribution in [3.8, 4) is 5.75 Å². The zero-order chi connectivity index (χ0) is 30.0. The molecule has 2 heterocycles. The Kier molecular flexibility index (Phi) is 8.47. The second-order valence-corrected chi connectivity index (χ2v) is 12.9. The molecule has 0 spiro atoms. The molecule has 1 N–H and O–H groups in total. The third-order valence-corrected chi connectivity index (χ3v) is 8.98. The predicted octanol–water partition coefficient (Wildman–Crippen LogP) is 7.29. The normalized spacial score (nSPS) is 16.7. The molecular weight excluding hydrogens is 574 g/mol. The second kappa shape index (κ2) is 12.1. The summed E-state index contributed by atoms with van der Waals surface area (Å²) in [7, 11) is 0. The summed E-state index contributed by atoms with van der Waals surface area (Å²) in [4.78, 5) is 28.4. The van der Waals surface area contributed by atoms with Crippen molar-refractivity contribution in [1.82, 2.24) is 10.2 Å². The molecule has 7 nitrogen and oxygen atoms in total. The minimum Gasteiger partial charge on any atom is -0.507 e. The Labute approximate surface area is 252 Å². The number of benzene rings is 3. The number of halogens is 1. The van der Waals surface area contributed by atoms with Crippen LogP contribution in [0.3, 0.4) is 0 Å². The fraction of sp³-hybridized carbons (Fsp3) is 0.250. The average molecular weight is 604 g/mol. The molecule has 1 fully saturated rings. The van der Waals surface area contributed by atoms with Crippen molar-refractivity contribution in [2.75, 3.05) is 11.5 Å². The molecule has 216 valence electrons. The molecule has 1 aromatic heterocycles. The van der Waals surface area contributed by atoms with E-state index in [0.717, 1.165) is 11.1 Å². The number of rotatable bonds is 8. The number of hydrogen-bond donors (Lipinski definition) is 1. The monoisotopic (exact) mass is 603 g/mol. The van der Waals surface area contributed by atoms with Gasteiger partial charge >= 0.3 is 5.91 Å². The Morgan fingerprint density at radius 2 is 1.67 bits per heavy atom. The van der Waals surface area contributed by atoms with Crippen LogP contribution in [-0.4, -0.2) is 33.6 Å². The summed E-state index contributed by atoms with van der Waals surface area (Å²) in [5.74, 6) is -1.02. The molecule has 1 atom stereocenters. The van der Waals surface area contributed by atoms with Crippen LogP contribution in [0.1, 0.15) is 56.0 Å². The number of amides is 1. The molecule has 1 aliphatic rings. The Bertz CT molecular complexity index is 1630. The second-order valence-electron chi connectivity index (χ2n) is 10.8. The number of aliphatic hydroxyl groups excluding tert-OH is 1. The highest BCUT2D eigenvalue weighted by atomic mass is 32.2. The first-order valence-corrected chi connectivity index (χ1v) is 15.2. The van der Waals surface area contributed by atoms with Crippen molar-refractivity contribution in [3.63, 3.8) is 0 Å². The summed E-state index contributed by atoms with van der Waals surface area (Å²) in [5, 5.41) is 20.2. The molecule has 5 rings (SSSR count). The number of ether oxygens (including phenoxy) is 1. The largest absolute Gasteiger partial charge is 0.507 e. The first-order valence-electron chi connectivity index (χ1n) is 13.4. The van der Waals surface area contributed by atoms with Crippen molar-refractivity contribution >= 4 is 45.7 Å². The summed E-state index contributed by atoms with van der Waals surface area (Å²) in [6, 6.07) is 19.7. The maximum Gasteiger partial charge on any atom is 0.301 e. The average Bonchev–Trinajstić information content (AvgIpc) is 3.54. The van der Waals surface area contributed by atoms with Crippen LogP contribution in [0.15, 0.2) is 82.7 Å². The molecule has 42 heavy (non-hydrogen) atoms. The Morgan fingerprint density at radius 3 is 2.29 bits per heavy atom. The minimum atomic E-state index is -0.909. The highest BCUT2D eigenvalue weighted by molar-refractivity contribution is 8.00. The maximum absolute atomic E-state index is 13.5. The van der Waals surface area contributed by atoms with E-state index in [1.807, 2.05) is 31.2 Å². The number of hydrogen-bond acceptors (Lipinski definition) is 8. The van der Waals surface area contributed by atoms with Crippen molar-refractivity contribution < 1.29 is 23.8 Å². The highest BCUT2D eigenvalue weighted by Crippen LogP contribution is 2.44. The maximum atomic E-state index is 13.5. The third kappa shape index (κ3) is 6.10. The van der Waals surface area contributed by atoms with Gasteiger partial charge in [-0.15, -0.1) is 10.2 Å². The van der Waals surface area contributed by atoms with Gasteiger partial charge in [0.25, 0.3) is 5.78 Å². The molecule has 0 aliphatic carbocycles. The zero-order valence-electron chi connectivity index (χ0n) is 23.6. The molecule has 1 saturated heterocycles. The topological polar surface area (TPSA) is 92.6 Å². The van der Waals surface area contributed by atoms with Crippen LogP contribution in [0.2, 0.25) is 0 Å². The number of thioether (sulfide) groups is 1. The fourth-order valence-corrected chi connectivity index (χ4v) is 6.45. The van der Waals surface area contributed by atoms with E-state index in [4.69, 9.17) is 4.74 Å². The molecule has 4 aromatic rings. The quantitative estimate of drug-likeness (QED) is 0.0743. The molecule has 0 saturated carbocycles. The van der Waals surface area contributed by atoms with Crippen molar-refractivity contribution in [1.29, 1.82) is 0 Å². The lowest BCUT2D eigenvalue weighted by atomic mass is 9.85. The number of carbonyl (C=O) groups is 2. The van der Waals surface area contributed by atoms with Crippen LogP contribution in [-0.2, 0) is 20.8 Å². The fourth-order valence-electron chi connectivity index (χ4n) is 4.63. The zero-order valence-corrected chi connectivity index (χ0v) is 25.3. The number of aromatic nitrogens is 2. The van der Waals surface area contributed by atoms with Gasteiger partial charge in [-0.2, -0.15) is 0 Å². The molecule has 1 amide bonds. The van der Waals surface area contributed by atoms with Crippen LogP contribution >= 0.6 is 23.1 Å². The van der Waals surface area contributed by atoms with Gasteiger partial charge in [-0.25, -0.2) is 4.39 Å². The molecule has 1 unspecified atom stereocenters. The molecular formula is C32H30FN3O4S2. The lowest BCUT2D eigenvalue weighted by Crippen LogP contribution is -2.29. The molecule has 0 radical (unpaired) electrons. The Balaban J connectivity index is 1.54. The Hall–Kier alpha value is -4.02. The smallest absolute Gasteiger partial charge is 0.301 e. The third-order valence-electron chi connectivity index (χ3n) is 6.85. The number of anilines is 1. The van der Waals surface area contributed by atoms with E-state index < -0.39 is 17.7 Å². The van der Waals surface area contributed by atoms with Gasteiger partial charge in [-0.3, -0.25) is 14.5 Å². The molecule has 10 heteroatoms. The van der Waals surface area contributed by atoms with Gasteiger partial charge in [0, 0.05) is 11.3 Å². The van der Waals surface area contributed by atoms with Gasteiger partial charge in [0.15, 0.2) is 4.34 Å². The number of nitrogens with zero attached hydrogens (tertiary/aromatic N) is 3. The number of Topliss-reactive ketones (excluding diaryl/α,β-unsaturated/α-hetero) is 1. The van der Waals surface area contributed by atoms with Crippen LogP contribution < -0.4 is 9.64 Å². The van der Waals surface area contributed by atoms with E-state index in [-0.39, 0.29) is 27.7 Å². The van der Waals surface area contributed by atoms with Gasteiger partial charge in [-0.1, -0.05) is 80.3 Å². The van der Waals surface area contributed by atoms with Gasteiger partial charge in [0.2, 0.25) is 5.13 Å². The first-order chi connectivity index (χ1) is 20.1. The molecule has 3 aromatic carbocycles. The number of ketones is 1. The van der Waals surface area contributed by atoms with E-state index in [2.05, 4.69) is 31.0 Å². The van der Waals surface area contributed by atoms with E-state index >= 15 is 0 Å². The number of aliphatic hydroxyl groups is 1. The van der Waals surface area contributed by atoms with Crippen molar-refractivity contribution in [2.45, 2.75) is 49.2 Å². The van der Waals surface area contributed by atoms with E-state index in [0.29, 0.717) is 33.6 Å². The molecule has 0 bridgehead atoms. The lowest BCUT2D eigenvalue weighted by molar-refractivity contribution is -0.132. The summed E-state index contributed by atoms with van der Waals surface area (Å²) in [6.07, 6.45) is 0. The van der Waals surface area contributed by atoms with Crippen LogP contribution in [0.25, 0.3) is 5.76 Å². The summed E-state index contributed by atoms with van der Waals surface area (Å²) in [6.45, 7) is 8.68. The summed E-state index contributed by atoms with van der Waals surface area (Å²) >= 11 is 2.58. The van der Waals surface area contributed by atoms with Crippen molar-refractivity contribution in [3.05, 3.63) is 106 Å². The van der Waals surface area contributed by atoms with Crippen molar-refractivity contribution in [2.24, 2.45) is 0 Å². The highest BCUT2D eigenvalue weighted by Gasteiger charge is 2.48. The van der Waals surface area contributed by atoms with E-state index in [1.165, 1.54) is 40.1 Å². The van der Waals surface area contributed by atoms with Crippen LogP contribution in [0.5, 0.6) is 5.75 Å². The van der Waals surface area contributed by atoms with Gasteiger partial charge in [0.05, 0.1) is 18.2 Å². The Morgan fingerprint density at radius 1 is 1.00 bits per heavy atom. The SMILES string of the molecule is CCOc1ccc(/C(O)=C2/C(=O)C(=O)N(c3nnc(SCc4ccc(F)cc4)s3)C2c2ccc(C(C)(C)C)cc2)cc1. The van der Waals surface area contributed by atoms with E-state index in [1.54, 1.807) is 36.4 Å². The minimum absolute atomic E-state index is 0.0246. The predicted molar refractivity (Wildman–Crippen MR) is 163 cm³/mol. The summed E-state index contributed by atoms with van der Waals surface area (Å²) in [5.41, 5.74) is 2.92. The van der Waals surface area contributed by atoms with Gasteiger partial charge in [-0.05, 0) is 65.4 Å². The first kappa shape index (κ1) is 29.5. The molecule has 1 aliphatic heterocycles. The van der Waals surface area contributed by atoms with Gasteiger partial charge in [0.1, 0.15) is 17.3 Å². The summed E-state index contributed by atoms with van der Waals surface area (Å²) < 4.78 is 19.4. The number of carbonyl (C=O) groups excluding carboxylic acids is 2. The standard InChI is InChI=1S/C32H30FN3O4S2/c1-5-40-24-16-10-21(11-17-24)27(37)25-26(20-8-12-22(13-9-20)32(2,3)4)36(29(39)28(25)38)30-34-35-31(42-30)41-18-19-6-14-23(33)15-7-19/h6-17,26,37H,5,18H2,1-4H3/b27-25-. The van der Waals surface area contributed by atoms with E-state index in [9.17, 15) is 19.1 Å². The van der Waals surface area contributed by atoms with Crippen LogP contribution in [0.4, 0.5) is 9.52 Å².